The lowest BCUT2D eigenvalue weighted by atomic mass is 10.0. The first-order valence-corrected chi connectivity index (χ1v) is 14.9. The molecule has 0 amide bonds. The lowest BCUT2D eigenvalue weighted by molar-refractivity contribution is 1.02. The van der Waals surface area contributed by atoms with E-state index in [-0.39, 0.29) is 0 Å². The number of hydrogen-bond acceptors (Lipinski definition) is 3. The smallest absolute Gasteiger partial charge is 0.235 e. The maximum atomic E-state index is 5.35. The molecule has 0 radical (unpaired) electrons. The third-order valence-electron chi connectivity index (χ3n) is 8.24. The minimum Gasteiger partial charge on any atom is -0.278 e. The molecule has 3 nitrogen and oxygen atoms in total. The summed E-state index contributed by atoms with van der Waals surface area (Å²) >= 11 is 1.76. The van der Waals surface area contributed by atoms with Crippen molar-refractivity contribution in [2.24, 2.45) is 0 Å². The Kier molecular flexibility index (Phi) is 5.07. The molecule has 0 N–H and O–H groups in total. The number of thiophene rings is 1. The second kappa shape index (κ2) is 9.10. The zero-order valence-electron chi connectivity index (χ0n) is 22.5. The number of hydrogen-bond donors (Lipinski definition) is 0. The average Bonchev–Trinajstić information content (AvgIpc) is 3.61. The molecule has 0 saturated heterocycles. The SMILES string of the molecule is c1ccc(-c2ccc(-c3nc(-n4c5ccccc5c5c6ccccc6ccc54)nc4c3sc3ccccc34)cc2)cc1. The van der Waals surface area contributed by atoms with Crippen LogP contribution in [0.5, 0.6) is 0 Å². The first-order chi connectivity index (χ1) is 20.8. The molecule has 0 saturated carbocycles. The van der Waals surface area contributed by atoms with Crippen LogP contribution in [0.25, 0.3) is 81.2 Å². The molecule has 0 bridgehead atoms. The van der Waals surface area contributed by atoms with E-state index in [1.54, 1.807) is 11.3 Å². The van der Waals surface area contributed by atoms with Crippen LogP contribution in [0.2, 0.25) is 0 Å². The molecule has 0 aliphatic carbocycles. The van der Waals surface area contributed by atoms with Gasteiger partial charge in [0.2, 0.25) is 5.95 Å². The summed E-state index contributed by atoms with van der Waals surface area (Å²) in [5.74, 6) is 0.690. The predicted octanol–water partition coefficient (Wildman–Crippen LogP) is 10.4. The lowest BCUT2D eigenvalue weighted by Crippen LogP contribution is -2.02. The van der Waals surface area contributed by atoms with E-state index in [2.05, 4.69) is 144 Å². The molecule has 0 atom stereocenters. The highest BCUT2D eigenvalue weighted by molar-refractivity contribution is 7.26. The molecule has 3 heterocycles. The molecule has 9 rings (SSSR count). The van der Waals surface area contributed by atoms with Gasteiger partial charge in [-0.25, -0.2) is 9.97 Å². The zero-order chi connectivity index (χ0) is 27.6. The molecule has 4 heteroatoms. The van der Waals surface area contributed by atoms with Crippen LogP contribution >= 0.6 is 11.3 Å². The fraction of sp³-hybridized carbons (Fsp3) is 0. The maximum Gasteiger partial charge on any atom is 0.235 e. The van der Waals surface area contributed by atoms with Crippen LogP contribution in [0.4, 0.5) is 0 Å². The topological polar surface area (TPSA) is 30.7 Å². The monoisotopic (exact) mass is 553 g/mol. The van der Waals surface area contributed by atoms with Crippen molar-refractivity contribution < 1.29 is 0 Å². The number of fused-ring (bicyclic) bond motifs is 8. The van der Waals surface area contributed by atoms with E-state index in [1.807, 2.05) is 0 Å². The van der Waals surface area contributed by atoms with Crippen molar-refractivity contribution in [2.75, 3.05) is 0 Å². The van der Waals surface area contributed by atoms with Gasteiger partial charge in [-0.1, -0.05) is 121 Å². The van der Waals surface area contributed by atoms with Gasteiger partial charge in [0, 0.05) is 26.4 Å². The Balaban J connectivity index is 1.36. The van der Waals surface area contributed by atoms with Crippen molar-refractivity contribution in [3.8, 4) is 28.3 Å². The summed E-state index contributed by atoms with van der Waals surface area (Å²) in [5, 5.41) is 6.07. The fourth-order valence-corrected chi connectivity index (χ4v) is 7.43. The minimum absolute atomic E-state index is 0.690. The molecule has 0 unspecified atom stereocenters. The highest BCUT2D eigenvalue weighted by Crippen LogP contribution is 2.41. The Bertz CT molecular complexity index is 2450. The first-order valence-electron chi connectivity index (χ1n) is 14.1. The van der Waals surface area contributed by atoms with Crippen molar-refractivity contribution in [2.45, 2.75) is 0 Å². The van der Waals surface area contributed by atoms with Gasteiger partial charge in [-0.05, 0) is 40.1 Å². The number of nitrogens with zero attached hydrogens (tertiary/aromatic N) is 3. The van der Waals surface area contributed by atoms with Gasteiger partial charge in [-0.15, -0.1) is 11.3 Å². The third kappa shape index (κ3) is 3.46. The Morgan fingerprint density at radius 2 is 1.14 bits per heavy atom. The molecular formula is C38H23N3S. The van der Waals surface area contributed by atoms with E-state index in [0.29, 0.717) is 5.95 Å². The minimum atomic E-state index is 0.690. The van der Waals surface area contributed by atoms with Gasteiger partial charge in [0.05, 0.1) is 26.9 Å². The van der Waals surface area contributed by atoms with Crippen LogP contribution in [0.3, 0.4) is 0 Å². The number of benzene rings is 6. The molecule has 9 aromatic rings. The fourth-order valence-electron chi connectivity index (χ4n) is 6.28. The van der Waals surface area contributed by atoms with Crippen LogP contribution in [0.1, 0.15) is 0 Å². The summed E-state index contributed by atoms with van der Waals surface area (Å²) < 4.78 is 4.57. The van der Waals surface area contributed by atoms with E-state index in [1.165, 1.54) is 37.4 Å². The molecule has 0 fully saturated rings. The van der Waals surface area contributed by atoms with Gasteiger partial charge < -0.3 is 0 Å². The van der Waals surface area contributed by atoms with Gasteiger partial charge in [-0.3, -0.25) is 4.57 Å². The molecule has 196 valence electrons. The van der Waals surface area contributed by atoms with E-state index in [4.69, 9.17) is 9.97 Å². The normalized spacial score (nSPS) is 11.8. The summed E-state index contributed by atoms with van der Waals surface area (Å²) in [6.45, 7) is 0. The van der Waals surface area contributed by atoms with Crippen LogP contribution in [-0.2, 0) is 0 Å². The van der Waals surface area contributed by atoms with E-state index < -0.39 is 0 Å². The summed E-state index contributed by atoms with van der Waals surface area (Å²) in [7, 11) is 0. The standard InChI is InChI=1S/C38H23N3S/c1-2-10-24(11-3-1)25-18-20-27(21-19-25)35-37-36(30-15-7-9-17-33(30)42-37)40-38(39-35)41-31-16-8-6-14-29(31)34-28-13-5-4-12-26(28)22-23-32(34)41/h1-23H. The van der Waals surface area contributed by atoms with Crippen LogP contribution in [-0.4, -0.2) is 14.5 Å². The summed E-state index contributed by atoms with van der Waals surface area (Å²) in [6.07, 6.45) is 0. The molecular weight excluding hydrogens is 531 g/mol. The molecule has 0 spiro atoms. The Hall–Kier alpha value is -5.32. The van der Waals surface area contributed by atoms with Crippen LogP contribution in [0.15, 0.2) is 140 Å². The summed E-state index contributed by atoms with van der Waals surface area (Å²) in [6, 6.07) is 49.4. The van der Waals surface area contributed by atoms with Crippen LogP contribution < -0.4 is 0 Å². The number of rotatable bonds is 3. The lowest BCUT2D eigenvalue weighted by Gasteiger charge is -2.11. The van der Waals surface area contributed by atoms with Gasteiger partial charge in [0.25, 0.3) is 0 Å². The van der Waals surface area contributed by atoms with Crippen molar-refractivity contribution >= 4 is 64.2 Å². The predicted molar refractivity (Wildman–Crippen MR) is 178 cm³/mol. The summed E-state index contributed by atoms with van der Waals surface area (Å²) in [4.78, 5) is 10.7. The zero-order valence-corrected chi connectivity index (χ0v) is 23.3. The van der Waals surface area contributed by atoms with Crippen LogP contribution in [0, 0.1) is 0 Å². The number of aromatic nitrogens is 3. The Morgan fingerprint density at radius 3 is 2.00 bits per heavy atom. The first kappa shape index (κ1) is 23.4. The second-order valence-electron chi connectivity index (χ2n) is 10.6. The second-order valence-corrected chi connectivity index (χ2v) is 11.7. The van der Waals surface area contributed by atoms with Gasteiger partial charge in [0.1, 0.15) is 0 Å². The number of para-hydroxylation sites is 1. The Labute approximate surface area is 246 Å². The molecule has 0 aliphatic rings. The van der Waals surface area contributed by atoms with E-state index >= 15 is 0 Å². The Morgan fingerprint density at radius 1 is 0.476 bits per heavy atom. The van der Waals surface area contributed by atoms with Crippen molar-refractivity contribution in [3.63, 3.8) is 0 Å². The van der Waals surface area contributed by atoms with Crippen molar-refractivity contribution in [1.82, 2.24) is 14.5 Å². The molecule has 6 aromatic carbocycles. The highest BCUT2D eigenvalue weighted by Gasteiger charge is 2.20. The van der Waals surface area contributed by atoms with Gasteiger partial charge in [-0.2, -0.15) is 0 Å². The molecule has 42 heavy (non-hydrogen) atoms. The average molecular weight is 554 g/mol. The highest BCUT2D eigenvalue weighted by atomic mass is 32.1. The largest absolute Gasteiger partial charge is 0.278 e. The van der Waals surface area contributed by atoms with Crippen molar-refractivity contribution in [3.05, 3.63) is 140 Å². The summed E-state index contributed by atoms with van der Waals surface area (Å²) in [5.41, 5.74) is 7.65. The molecule has 0 aliphatic heterocycles. The third-order valence-corrected chi connectivity index (χ3v) is 9.40. The van der Waals surface area contributed by atoms with E-state index in [0.717, 1.165) is 37.9 Å². The quantitative estimate of drug-likeness (QED) is 0.218. The van der Waals surface area contributed by atoms with Crippen molar-refractivity contribution in [1.29, 1.82) is 0 Å². The van der Waals surface area contributed by atoms with E-state index in [9.17, 15) is 0 Å². The maximum absolute atomic E-state index is 5.35. The van der Waals surface area contributed by atoms with Gasteiger partial charge >= 0.3 is 0 Å². The van der Waals surface area contributed by atoms with Gasteiger partial charge in [0.15, 0.2) is 0 Å². The molecule has 3 aromatic heterocycles.